The van der Waals surface area contributed by atoms with Gasteiger partial charge in [-0.15, -0.1) is 0 Å². The maximum absolute atomic E-state index is 11.9. The zero-order chi connectivity index (χ0) is 27.4. The largest absolute Gasteiger partial charge is 0.462 e. The fourth-order valence-corrected chi connectivity index (χ4v) is 3.89. The number of carbonyl (C=O) groups is 3. The Morgan fingerprint density at radius 3 is 1.86 bits per heavy atom. The molecule has 1 atom stereocenters. The van der Waals surface area contributed by atoms with Gasteiger partial charge in [0.2, 0.25) is 0 Å². The third kappa shape index (κ3) is 25.5. The van der Waals surface area contributed by atoms with Crippen molar-refractivity contribution in [1.82, 2.24) is 0 Å². The third-order valence-corrected chi connectivity index (χ3v) is 6.22. The molecule has 0 aromatic heterocycles. The van der Waals surface area contributed by atoms with Crippen molar-refractivity contribution < 1.29 is 29.0 Å². The molecule has 0 aliphatic carbocycles. The van der Waals surface area contributed by atoms with E-state index in [0.29, 0.717) is 19.3 Å². The van der Waals surface area contributed by atoms with E-state index in [2.05, 4.69) is 19.9 Å². The minimum Gasteiger partial charge on any atom is -0.462 e. The number of hydrogen-bond acceptors (Lipinski definition) is 6. The SMILES string of the molecule is CCCCCCCCCC(=O)O[C@@H](CO)COC(=O)CCCCCCC/C=C\C=C\C(=O)CCCCC. The molecule has 0 amide bonds. The van der Waals surface area contributed by atoms with E-state index in [-0.39, 0.29) is 30.9 Å². The molecule has 214 valence electrons. The highest BCUT2D eigenvalue weighted by Crippen LogP contribution is 2.11. The molecule has 0 aliphatic heterocycles. The van der Waals surface area contributed by atoms with Crippen LogP contribution in [0.25, 0.3) is 0 Å². The van der Waals surface area contributed by atoms with Gasteiger partial charge in [-0.2, -0.15) is 0 Å². The Labute approximate surface area is 226 Å². The van der Waals surface area contributed by atoms with Crippen LogP contribution in [0.3, 0.4) is 0 Å². The molecule has 0 bridgehead atoms. The standard InChI is InChI=1S/C31H54O6/c1-3-5-7-8-12-17-21-25-31(35)37-29(26-32)27-36-30(34)24-20-16-14-11-9-10-13-15-19-23-28(33)22-18-6-4-2/h13,15,19,23,29,32H,3-12,14,16-18,20-22,24-27H2,1-2H3/b15-13-,23-19+/t29-/m0/s1. The lowest BCUT2D eigenvalue weighted by molar-refractivity contribution is -0.161. The number of rotatable bonds is 26. The van der Waals surface area contributed by atoms with Crippen LogP contribution >= 0.6 is 0 Å². The van der Waals surface area contributed by atoms with Crippen molar-refractivity contribution in [3.8, 4) is 0 Å². The van der Waals surface area contributed by atoms with Gasteiger partial charge in [-0.25, -0.2) is 0 Å². The van der Waals surface area contributed by atoms with Crippen LogP contribution in [0, 0.1) is 0 Å². The molecule has 0 radical (unpaired) electrons. The second-order valence-electron chi connectivity index (χ2n) is 9.87. The Balaban J connectivity index is 3.69. The van der Waals surface area contributed by atoms with Crippen LogP contribution in [0.1, 0.15) is 136 Å². The van der Waals surface area contributed by atoms with Gasteiger partial charge in [0.15, 0.2) is 11.9 Å². The van der Waals surface area contributed by atoms with E-state index >= 15 is 0 Å². The van der Waals surface area contributed by atoms with Crippen LogP contribution in [0.5, 0.6) is 0 Å². The van der Waals surface area contributed by atoms with Crippen molar-refractivity contribution in [2.75, 3.05) is 13.2 Å². The molecule has 0 fully saturated rings. The molecular weight excluding hydrogens is 468 g/mol. The summed E-state index contributed by atoms with van der Waals surface area (Å²) in [4.78, 5) is 35.5. The summed E-state index contributed by atoms with van der Waals surface area (Å²) in [6, 6.07) is 0. The maximum Gasteiger partial charge on any atom is 0.306 e. The number of aliphatic hydroxyl groups excluding tert-OH is 1. The second kappa shape index (κ2) is 27.1. The van der Waals surface area contributed by atoms with Gasteiger partial charge in [-0.05, 0) is 38.2 Å². The number of ketones is 1. The number of ether oxygens (including phenoxy) is 2. The highest BCUT2D eigenvalue weighted by molar-refractivity contribution is 5.89. The zero-order valence-electron chi connectivity index (χ0n) is 23.7. The smallest absolute Gasteiger partial charge is 0.306 e. The summed E-state index contributed by atoms with van der Waals surface area (Å²) in [5, 5.41) is 9.42. The van der Waals surface area contributed by atoms with Gasteiger partial charge in [0, 0.05) is 19.3 Å². The first kappa shape index (κ1) is 35.0. The molecule has 0 spiro atoms. The highest BCUT2D eigenvalue weighted by Gasteiger charge is 2.16. The number of aliphatic hydroxyl groups is 1. The summed E-state index contributed by atoms with van der Waals surface area (Å²) in [5.41, 5.74) is 0. The Bertz CT molecular complexity index is 625. The van der Waals surface area contributed by atoms with Gasteiger partial charge < -0.3 is 14.6 Å². The van der Waals surface area contributed by atoms with Crippen LogP contribution in [0.15, 0.2) is 24.3 Å². The van der Waals surface area contributed by atoms with Crippen LogP contribution in [-0.4, -0.2) is 42.1 Å². The topological polar surface area (TPSA) is 89.9 Å². The fraction of sp³-hybridized carbons (Fsp3) is 0.774. The molecule has 6 heteroatoms. The molecule has 0 saturated heterocycles. The van der Waals surface area contributed by atoms with Gasteiger partial charge in [-0.3, -0.25) is 14.4 Å². The van der Waals surface area contributed by atoms with Crippen molar-refractivity contribution in [3.63, 3.8) is 0 Å². The predicted octanol–water partition coefficient (Wildman–Crippen LogP) is 7.57. The lowest BCUT2D eigenvalue weighted by atomic mass is 10.1. The van der Waals surface area contributed by atoms with Gasteiger partial charge >= 0.3 is 11.9 Å². The van der Waals surface area contributed by atoms with Gasteiger partial charge in [0.1, 0.15) is 6.61 Å². The number of unbranched alkanes of at least 4 members (excludes halogenated alkanes) is 13. The first-order valence-electron chi connectivity index (χ1n) is 14.8. The van der Waals surface area contributed by atoms with E-state index in [1.165, 1.54) is 25.7 Å². The second-order valence-corrected chi connectivity index (χ2v) is 9.87. The molecule has 0 unspecified atom stereocenters. The summed E-state index contributed by atoms with van der Waals surface area (Å²) in [6.07, 6.45) is 25.1. The summed E-state index contributed by atoms with van der Waals surface area (Å²) in [6.45, 7) is 3.88. The van der Waals surface area contributed by atoms with E-state index < -0.39 is 6.10 Å². The van der Waals surface area contributed by atoms with Crippen molar-refractivity contribution >= 4 is 17.7 Å². The Hall–Kier alpha value is -1.95. The molecule has 0 rings (SSSR count). The van der Waals surface area contributed by atoms with Crippen LogP contribution in [0.2, 0.25) is 0 Å². The molecule has 6 nitrogen and oxygen atoms in total. The molecule has 0 saturated carbocycles. The third-order valence-electron chi connectivity index (χ3n) is 6.22. The van der Waals surface area contributed by atoms with Crippen molar-refractivity contribution in [2.24, 2.45) is 0 Å². The van der Waals surface area contributed by atoms with E-state index in [9.17, 15) is 19.5 Å². The van der Waals surface area contributed by atoms with E-state index in [4.69, 9.17) is 9.47 Å². The lowest BCUT2D eigenvalue weighted by Crippen LogP contribution is -2.28. The quantitative estimate of drug-likeness (QED) is 0.0545. The molecule has 0 heterocycles. The first-order chi connectivity index (χ1) is 18.0. The monoisotopic (exact) mass is 522 g/mol. The summed E-state index contributed by atoms with van der Waals surface area (Å²) in [5.74, 6) is -0.464. The number of carbonyl (C=O) groups excluding carboxylic acids is 3. The number of hydrogen-bond donors (Lipinski definition) is 1. The average Bonchev–Trinajstić information content (AvgIpc) is 2.89. The van der Waals surface area contributed by atoms with Crippen molar-refractivity contribution in [2.45, 2.75) is 142 Å². The minimum absolute atomic E-state index is 0.0940. The van der Waals surface area contributed by atoms with Crippen LogP contribution in [0.4, 0.5) is 0 Å². The summed E-state index contributed by atoms with van der Waals surface area (Å²) >= 11 is 0. The average molecular weight is 523 g/mol. The maximum atomic E-state index is 11.9. The number of allylic oxidation sites excluding steroid dienone is 4. The molecule has 0 aromatic rings. The predicted molar refractivity (Wildman–Crippen MR) is 150 cm³/mol. The van der Waals surface area contributed by atoms with E-state index in [0.717, 1.165) is 77.0 Å². The summed E-state index contributed by atoms with van der Waals surface area (Å²) < 4.78 is 10.4. The van der Waals surface area contributed by atoms with Crippen molar-refractivity contribution in [1.29, 1.82) is 0 Å². The normalized spacial score (nSPS) is 12.3. The lowest BCUT2D eigenvalue weighted by Gasteiger charge is -2.15. The Morgan fingerprint density at radius 2 is 1.22 bits per heavy atom. The zero-order valence-corrected chi connectivity index (χ0v) is 23.7. The van der Waals surface area contributed by atoms with E-state index in [1.54, 1.807) is 6.08 Å². The molecular formula is C31H54O6. The minimum atomic E-state index is -0.789. The van der Waals surface area contributed by atoms with Crippen LogP contribution in [-0.2, 0) is 23.9 Å². The van der Waals surface area contributed by atoms with Crippen molar-refractivity contribution in [3.05, 3.63) is 24.3 Å². The molecule has 0 aromatic carbocycles. The van der Waals surface area contributed by atoms with E-state index in [1.807, 2.05) is 12.2 Å². The number of esters is 2. The highest BCUT2D eigenvalue weighted by atomic mass is 16.6. The van der Waals surface area contributed by atoms with Gasteiger partial charge in [0.05, 0.1) is 6.61 Å². The summed E-state index contributed by atoms with van der Waals surface area (Å²) in [7, 11) is 0. The Kier molecular flexibility index (Phi) is 25.7. The van der Waals surface area contributed by atoms with Crippen LogP contribution < -0.4 is 0 Å². The van der Waals surface area contributed by atoms with Gasteiger partial charge in [-0.1, -0.05) is 103 Å². The fourth-order valence-electron chi connectivity index (χ4n) is 3.89. The first-order valence-corrected chi connectivity index (χ1v) is 14.8. The molecule has 0 aliphatic rings. The molecule has 37 heavy (non-hydrogen) atoms. The van der Waals surface area contributed by atoms with Gasteiger partial charge in [0.25, 0.3) is 0 Å². The Morgan fingerprint density at radius 1 is 0.676 bits per heavy atom. The molecule has 1 N–H and O–H groups in total.